The summed E-state index contributed by atoms with van der Waals surface area (Å²) in [4.78, 5) is 16.5. The summed E-state index contributed by atoms with van der Waals surface area (Å²) in [5.41, 5.74) is 1.43. The minimum Gasteiger partial charge on any atom is -0.330 e. The van der Waals surface area contributed by atoms with Crippen LogP contribution < -0.4 is 11.0 Å². The first-order valence-electron chi connectivity index (χ1n) is 7.46. The molecule has 2 aromatic carbocycles. The van der Waals surface area contributed by atoms with E-state index in [1.807, 2.05) is 36.4 Å². The lowest BCUT2D eigenvalue weighted by atomic mass is 10.1. The van der Waals surface area contributed by atoms with Gasteiger partial charge >= 0.3 is 5.69 Å². The van der Waals surface area contributed by atoms with Crippen molar-refractivity contribution in [3.8, 4) is 0 Å². The number of hydrogen-bond acceptors (Lipinski definition) is 4. The second-order valence-electron chi connectivity index (χ2n) is 5.76. The molecule has 0 radical (unpaired) electrons. The van der Waals surface area contributed by atoms with E-state index in [1.54, 1.807) is 16.1 Å². The lowest BCUT2D eigenvalue weighted by molar-refractivity contribution is 0.597. The number of benzene rings is 2. The van der Waals surface area contributed by atoms with Crippen molar-refractivity contribution in [1.82, 2.24) is 8.94 Å². The summed E-state index contributed by atoms with van der Waals surface area (Å²) in [7, 11) is 0. The molecule has 3 aromatic rings. The molecule has 1 fully saturated rings. The van der Waals surface area contributed by atoms with Crippen molar-refractivity contribution < 1.29 is 0 Å². The number of aromatic nitrogens is 2. The van der Waals surface area contributed by atoms with E-state index >= 15 is 0 Å². The van der Waals surface area contributed by atoms with Crippen molar-refractivity contribution in [3.05, 3.63) is 74.6 Å². The van der Waals surface area contributed by atoms with Crippen molar-refractivity contribution in [3.63, 3.8) is 0 Å². The number of nitrogens with zero attached hydrogens (tertiary/aromatic N) is 2. The molecule has 1 aliphatic rings. The Kier molecular flexibility index (Phi) is 3.87. The van der Waals surface area contributed by atoms with Gasteiger partial charge in [-0.2, -0.15) is 4.98 Å². The quantitative estimate of drug-likeness (QED) is 0.703. The Hall–Kier alpha value is -1.82. The summed E-state index contributed by atoms with van der Waals surface area (Å²) in [6.45, 7) is 0. The third-order valence-corrected chi connectivity index (χ3v) is 5.70. The Labute approximate surface area is 152 Å². The molecule has 24 heavy (non-hydrogen) atoms. The highest BCUT2D eigenvalue weighted by atomic mass is 35.5. The molecule has 7 heteroatoms. The van der Waals surface area contributed by atoms with Crippen LogP contribution in [0.1, 0.15) is 18.4 Å². The number of nitrogens with one attached hydrogen (secondary N) is 1. The minimum absolute atomic E-state index is 0.232. The van der Waals surface area contributed by atoms with E-state index < -0.39 is 0 Å². The maximum atomic E-state index is 12.4. The third-order valence-electron chi connectivity index (χ3n) is 4.14. The monoisotopic (exact) mass is 377 g/mol. The fourth-order valence-corrected chi connectivity index (χ4v) is 4.03. The molecule has 0 bridgehead atoms. The van der Waals surface area contributed by atoms with Gasteiger partial charge in [-0.1, -0.05) is 35.3 Å². The van der Waals surface area contributed by atoms with Crippen LogP contribution >= 0.6 is 34.7 Å². The Morgan fingerprint density at radius 1 is 1.00 bits per heavy atom. The summed E-state index contributed by atoms with van der Waals surface area (Å²) < 4.78 is 1.76. The first-order valence-corrected chi connectivity index (χ1v) is 8.99. The van der Waals surface area contributed by atoms with Gasteiger partial charge in [0.1, 0.15) is 0 Å². The van der Waals surface area contributed by atoms with Crippen LogP contribution in [0.2, 0.25) is 10.0 Å². The average molecular weight is 378 g/mol. The van der Waals surface area contributed by atoms with Gasteiger partial charge in [0, 0.05) is 15.7 Å². The predicted octanol–water partition coefficient (Wildman–Crippen LogP) is 4.89. The molecule has 0 spiro atoms. The smallest absolute Gasteiger partial charge is 0.330 e. The van der Waals surface area contributed by atoms with Gasteiger partial charge in [0.2, 0.25) is 5.13 Å². The average Bonchev–Trinajstić information content (AvgIpc) is 3.29. The van der Waals surface area contributed by atoms with Crippen LogP contribution in [-0.2, 0) is 5.54 Å². The van der Waals surface area contributed by atoms with Gasteiger partial charge in [0.05, 0.1) is 5.54 Å². The lowest BCUT2D eigenvalue weighted by Crippen LogP contribution is -2.27. The molecule has 1 N–H and O–H groups in total. The van der Waals surface area contributed by atoms with Gasteiger partial charge in [-0.25, -0.2) is 8.75 Å². The predicted molar refractivity (Wildman–Crippen MR) is 98.9 cm³/mol. The van der Waals surface area contributed by atoms with E-state index in [1.165, 1.54) is 11.5 Å². The maximum Gasteiger partial charge on any atom is 0.360 e. The number of hydrogen-bond donors (Lipinski definition) is 1. The molecule has 122 valence electrons. The zero-order valence-electron chi connectivity index (χ0n) is 12.5. The van der Waals surface area contributed by atoms with Gasteiger partial charge in [-0.3, -0.25) is 0 Å². The molecule has 1 aromatic heterocycles. The summed E-state index contributed by atoms with van der Waals surface area (Å²) >= 11 is 13.2. The molecule has 0 amide bonds. The zero-order valence-corrected chi connectivity index (χ0v) is 14.8. The fraction of sp³-hybridized carbons (Fsp3) is 0.176. The minimum atomic E-state index is -0.279. The highest BCUT2D eigenvalue weighted by molar-refractivity contribution is 7.10. The van der Waals surface area contributed by atoms with Crippen LogP contribution in [0.15, 0.2) is 53.3 Å². The van der Waals surface area contributed by atoms with Crippen molar-refractivity contribution >= 4 is 45.6 Å². The van der Waals surface area contributed by atoms with Crippen molar-refractivity contribution in [2.75, 3.05) is 5.32 Å². The Balaban J connectivity index is 1.65. The number of halogens is 2. The Morgan fingerprint density at radius 3 is 2.17 bits per heavy atom. The third kappa shape index (κ3) is 2.83. The molecule has 0 unspecified atom stereocenters. The van der Waals surface area contributed by atoms with Crippen molar-refractivity contribution in [2.45, 2.75) is 18.4 Å². The van der Waals surface area contributed by atoms with E-state index in [4.69, 9.17) is 23.2 Å². The molecule has 1 aliphatic carbocycles. The van der Waals surface area contributed by atoms with Crippen LogP contribution in [-0.4, -0.2) is 8.94 Å². The summed E-state index contributed by atoms with van der Waals surface area (Å²) in [5.74, 6) is 0. The maximum absolute atomic E-state index is 12.4. The molecule has 0 aliphatic heterocycles. The Bertz CT molecular complexity index is 928. The molecular weight excluding hydrogens is 365 g/mol. The standard InChI is InChI=1S/C17H13Cl2N3OS/c18-12-3-1-11(2-4-12)17(9-10-17)22-16(23)21-15(24-22)20-14-7-5-13(19)6-8-14/h1-8H,9-10H2,(H,20,21,23). The SMILES string of the molecule is O=c1nc(Nc2ccc(Cl)cc2)sn1C1(c2ccc(Cl)cc2)CC1. The van der Waals surface area contributed by atoms with Crippen LogP contribution in [0.5, 0.6) is 0 Å². The van der Waals surface area contributed by atoms with E-state index in [-0.39, 0.29) is 11.2 Å². The number of rotatable bonds is 4. The van der Waals surface area contributed by atoms with Crippen LogP contribution in [0.4, 0.5) is 10.8 Å². The normalized spacial score (nSPS) is 15.2. The van der Waals surface area contributed by atoms with Gasteiger partial charge in [-0.05, 0) is 66.3 Å². The highest BCUT2D eigenvalue weighted by Gasteiger charge is 2.48. The largest absolute Gasteiger partial charge is 0.360 e. The summed E-state index contributed by atoms with van der Waals surface area (Å²) in [6, 6.07) is 15.0. The molecule has 0 saturated heterocycles. The number of anilines is 2. The fourth-order valence-electron chi connectivity index (χ4n) is 2.74. The molecule has 0 atom stereocenters. The zero-order chi connectivity index (χ0) is 16.7. The van der Waals surface area contributed by atoms with Crippen LogP contribution in [0.3, 0.4) is 0 Å². The molecule has 4 nitrogen and oxygen atoms in total. The highest BCUT2D eigenvalue weighted by Crippen LogP contribution is 2.50. The second-order valence-corrected chi connectivity index (χ2v) is 7.56. The topological polar surface area (TPSA) is 46.9 Å². The van der Waals surface area contributed by atoms with Gasteiger partial charge in [-0.15, -0.1) is 0 Å². The Morgan fingerprint density at radius 2 is 1.58 bits per heavy atom. The summed E-state index contributed by atoms with van der Waals surface area (Å²) in [5, 5.41) is 5.09. The van der Waals surface area contributed by atoms with Gasteiger partial charge in [0.15, 0.2) is 0 Å². The van der Waals surface area contributed by atoms with Gasteiger partial charge in [0.25, 0.3) is 0 Å². The van der Waals surface area contributed by atoms with Crippen LogP contribution in [0, 0.1) is 0 Å². The lowest BCUT2D eigenvalue weighted by Gasteiger charge is -2.15. The molecular formula is C17H13Cl2N3OS. The van der Waals surface area contributed by atoms with E-state index in [9.17, 15) is 4.79 Å². The summed E-state index contributed by atoms with van der Waals surface area (Å²) in [6.07, 6.45) is 1.86. The van der Waals surface area contributed by atoms with E-state index in [0.29, 0.717) is 15.2 Å². The molecule has 1 saturated carbocycles. The molecule has 1 heterocycles. The molecule has 4 rings (SSSR count). The van der Waals surface area contributed by atoms with Crippen molar-refractivity contribution in [1.29, 1.82) is 0 Å². The second kappa shape index (κ2) is 5.92. The van der Waals surface area contributed by atoms with E-state index in [2.05, 4.69) is 10.3 Å². The first-order chi connectivity index (χ1) is 11.6. The van der Waals surface area contributed by atoms with Crippen LogP contribution in [0.25, 0.3) is 0 Å². The first kappa shape index (κ1) is 15.7. The van der Waals surface area contributed by atoms with Gasteiger partial charge < -0.3 is 5.32 Å². The van der Waals surface area contributed by atoms with Crippen molar-refractivity contribution in [2.24, 2.45) is 0 Å². The van der Waals surface area contributed by atoms with E-state index in [0.717, 1.165) is 24.1 Å².